The number of likely N-dealkylation sites (tertiary alicyclic amines) is 1. The number of hydrogen-bond acceptors (Lipinski definition) is 5. The summed E-state index contributed by atoms with van der Waals surface area (Å²) in [6, 6.07) is 9.63. The number of amides is 1. The van der Waals surface area contributed by atoms with Crippen LogP contribution in [0.4, 0.5) is 8.78 Å². The number of nitrogens with zero attached hydrogens (tertiary/aromatic N) is 3. The first kappa shape index (κ1) is 30.2. The first-order chi connectivity index (χ1) is 21.3. The number of carboxylic acid groups (broad SMARTS) is 1. The third kappa shape index (κ3) is 5.94. The van der Waals surface area contributed by atoms with Crippen LogP contribution >= 0.6 is 0 Å². The van der Waals surface area contributed by atoms with Gasteiger partial charge in [0, 0.05) is 49.8 Å². The average molecular weight is 604 g/mol. The van der Waals surface area contributed by atoms with E-state index in [1.165, 1.54) is 18.2 Å². The zero-order chi connectivity index (χ0) is 31.0. The van der Waals surface area contributed by atoms with E-state index in [1.54, 1.807) is 12.1 Å². The normalized spacial score (nSPS) is 17.5. The second-order valence-corrected chi connectivity index (χ2v) is 12.1. The van der Waals surface area contributed by atoms with Crippen molar-refractivity contribution >= 4 is 11.9 Å². The molecule has 0 radical (unpaired) electrons. The van der Waals surface area contributed by atoms with Crippen molar-refractivity contribution in [3.05, 3.63) is 81.7 Å². The van der Waals surface area contributed by atoms with Crippen LogP contribution in [0.15, 0.2) is 36.4 Å². The Bertz CT molecular complexity index is 1560. The Morgan fingerprint density at radius 3 is 2.41 bits per heavy atom. The van der Waals surface area contributed by atoms with E-state index in [-0.39, 0.29) is 40.8 Å². The molecule has 9 heteroatoms. The molecular formula is C35H39F2N3O4. The molecule has 3 aliphatic rings. The van der Waals surface area contributed by atoms with Crippen LogP contribution in [-0.2, 0) is 19.4 Å². The summed E-state index contributed by atoms with van der Waals surface area (Å²) in [6.07, 6.45) is 5.50. The van der Waals surface area contributed by atoms with Crippen molar-refractivity contribution in [1.29, 1.82) is 0 Å². The Hall–Kier alpha value is -3.85. The van der Waals surface area contributed by atoms with Crippen molar-refractivity contribution < 1.29 is 28.2 Å². The zero-order valence-corrected chi connectivity index (χ0v) is 25.4. The van der Waals surface area contributed by atoms with Crippen LogP contribution < -0.4 is 4.74 Å². The zero-order valence-electron chi connectivity index (χ0n) is 25.4. The topological polar surface area (TPSA) is 83.0 Å². The van der Waals surface area contributed by atoms with Crippen LogP contribution in [0.2, 0.25) is 0 Å². The van der Waals surface area contributed by atoms with Crippen molar-refractivity contribution in [2.75, 3.05) is 26.2 Å². The summed E-state index contributed by atoms with van der Waals surface area (Å²) in [6.45, 7) is 6.72. The van der Waals surface area contributed by atoms with Gasteiger partial charge in [0.2, 0.25) is 0 Å². The van der Waals surface area contributed by atoms with Crippen LogP contribution in [0.1, 0.15) is 95.1 Å². The van der Waals surface area contributed by atoms with E-state index in [0.717, 1.165) is 56.3 Å². The molecule has 1 aromatic heterocycles. The molecule has 0 bridgehead atoms. The Morgan fingerprint density at radius 2 is 1.77 bits per heavy atom. The summed E-state index contributed by atoms with van der Waals surface area (Å²) in [4.78, 5) is 34.2. The highest BCUT2D eigenvalue weighted by molar-refractivity contribution is 5.99. The molecule has 1 aliphatic carbocycles. The molecule has 1 saturated heterocycles. The molecule has 7 nitrogen and oxygen atoms in total. The largest absolute Gasteiger partial charge is 0.490 e. The minimum absolute atomic E-state index is 0.0430. The van der Waals surface area contributed by atoms with Gasteiger partial charge in [0.25, 0.3) is 5.91 Å². The van der Waals surface area contributed by atoms with Crippen molar-refractivity contribution in [3.63, 3.8) is 0 Å². The van der Waals surface area contributed by atoms with Crippen LogP contribution in [0.5, 0.6) is 5.75 Å². The number of carbonyl (C=O) groups excluding carboxylic acids is 1. The van der Waals surface area contributed by atoms with Gasteiger partial charge in [0.1, 0.15) is 5.82 Å². The van der Waals surface area contributed by atoms with Gasteiger partial charge >= 0.3 is 5.97 Å². The molecular weight excluding hydrogens is 564 g/mol. The van der Waals surface area contributed by atoms with Crippen LogP contribution in [0.3, 0.4) is 0 Å². The van der Waals surface area contributed by atoms with Gasteiger partial charge in [-0.2, -0.15) is 0 Å². The average Bonchev–Trinajstić information content (AvgIpc) is 3.86. The smallest absolute Gasteiger partial charge is 0.337 e. The minimum Gasteiger partial charge on any atom is -0.490 e. The lowest BCUT2D eigenvalue weighted by atomic mass is 9.92. The first-order valence-corrected chi connectivity index (χ1v) is 15.8. The predicted octanol–water partition coefficient (Wildman–Crippen LogP) is 6.62. The number of hydrogen-bond donors (Lipinski definition) is 1. The Labute approximate surface area is 256 Å². The highest BCUT2D eigenvalue weighted by atomic mass is 19.1. The van der Waals surface area contributed by atoms with Gasteiger partial charge in [0.05, 0.1) is 29.1 Å². The molecule has 44 heavy (non-hydrogen) atoms. The van der Waals surface area contributed by atoms with Gasteiger partial charge in [0.15, 0.2) is 11.6 Å². The van der Waals surface area contributed by atoms with Crippen LogP contribution in [0, 0.1) is 11.6 Å². The molecule has 0 atom stereocenters. The van der Waals surface area contributed by atoms with Crippen molar-refractivity contribution in [3.8, 4) is 16.9 Å². The number of ether oxygens (including phenoxy) is 1. The third-order valence-corrected chi connectivity index (χ3v) is 9.14. The SMILES string of the molecule is CCCc1nc2c(cc1C(=O)O)C(=O)N(C1CCN(Cc3cc(C4CC4)c(-c4ccc(F)cc4)c(F)c3OCC)CC1)CC2. The number of halogens is 2. The molecule has 1 N–H and O–H groups in total. The maximum absolute atomic E-state index is 16.2. The van der Waals surface area contributed by atoms with E-state index in [9.17, 15) is 19.1 Å². The van der Waals surface area contributed by atoms with E-state index in [2.05, 4.69) is 16.0 Å². The lowest BCUT2D eigenvalue weighted by Gasteiger charge is -2.40. The number of aromatic carboxylic acids is 1. The van der Waals surface area contributed by atoms with Gasteiger partial charge in [-0.1, -0.05) is 25.5 Å². The van der Waals surface area contributed by atoms with Gasteiger partial charge in [-0.3, -0.25) is 14.7 Å². The Balaban J connectivity index is 1.19. The van der Waals surface area contributed by atoms with Crippen molar-refractivity contribution in [1.82, 2.24) is 14.8 Å². The number of aryl methyl sites for hydroxylation is 1. The lowest BCUT2D eigenvalue weighted by Crippen LogP contribution is -2.50. The molecule has 3 aromatic rings. The fourth-order valence-corrected chi connectivity index (χ4v) is 6.79. The van der Waals surface area contributed by atoms with Gasteiger partial charge < -0.3 is 14.7 Å². The Kier molecular flexibility index (Phi) is 8.67. The second kappa shape index (κ2) is 12.6. The molecule has 2 aliphatic heterocycles. The van der Waals surface area contributed by atoms with E-state index in [1.807, 2.05) is 18.7 Å². The molecule has 0 spiro atoms. The highest BCUT2D eigenvalue weighted by Crippen LogP contribution is 2.48. The molecule has 2 fully saturated rings. The summed E-state index contributed by atoms with van der Waals surface area (Å²) in [5.74, 6) is -1.40. The van der Waals surface area contributed by atoms with Gasteiger partial charge in [-0.25, -0.2) is 13.6 Å². The number of benzene rings is 2. The van der Waals surface area contributed by atoms with Crippen molar-refractivity contribution in [2.45, 2.75) is 77.3 Å². The molecule has 3 heterocycles. The fraction of sp³-hybridized carbons (Fsp3) is 0.457. The Morgan fingerprint density at radius 1 is 1.05 bits per heavy atom. The number of fused-ring (bicyclic) bond motifs is 1. The predicted molar refractivity (Wildman–Crippen MR) is 163 cm³/mol. The van der Waals surface area contributed by atoms with E-state index < -0.39 is 5.97 Å². The number of rotatable bonds is 10. The first-order valence-electron chi connectivity index (χ1n) is 15.8. The molecule has 1 amide bonds. The summed E-state index contributed by atoms with van der Waals surface area (Å²) in [7, 11) is 0. The molecule has 1 saturated carbocycles. The monoisotopic (exact) mass is 603 g/mol. The van der Waals surface area contributed by atoms with Crippen molar-refractivity contribution in [2.24, 2.45) is 0 Å². The van der Waals surface area contributed by atoms with E-state index in [0.29, 0.717) is 60.6 Å². The van der Waals surface area contributed by atoms with E-state index >= 15 is 4.39 Å². The van der Waals surface area contributed by atoms with Gasteiger partial charge in [-0.05, 0) is 80.3 Å². The summed E-state index contributed by atoms with van der Waals surface area (Å²) < 4.78 is 35.7. The second-order valence-electron chi connectivity index (χ2n) is 12.1. The lowest BCUT2D eigenvalue weighted by molar-refractivity contribution is 0.0542. The molecule has 2 aromatic carbocycles. The maximum Gasteiger partial charge on any atom is 0.337 e. The quantitative estimate of drug-likeness (QED) is 0.281. The number of aromatic nitrogens is 1. The summed E-state index contributed by atoms with van der Waals surface area (Å²) >= 11 is 0. The van der Waals surface area contributed by atoms with Crippen LogP contribution in [0.25, 0.3) is 11.1 Å². The fourth-order valence-electron chi connectivity index (χ4n) is 6.79. The minimum atomic E-state index is -1.06. The molecule has 6 rings (SSSR count). The third-order valence-electron chi connectivity index (χ3n) is 9.14. The highest BCUT2D eigenvalue weighted by Gasteiger charge is 2.35. The molecule has 232 valence electrons. The number of carboxylic acids is 1. The summed E-state index contributed by atoms with van der Waals surface area (Å²) in [5.41, 5.74) is 4.68. The molecule has 0 unspecified atom stereocenters. The van der Waals surface area contributed by atoms with Gasteiger partial charge in [-0.15, -0.1) is 0 Å². The van der Waals surface area contributed by atoms with E-state index in [4.69, 9.17) is 4.74 Å². The summed E-state index contributed by atoms with van der Waals surface area (Å²) in [5, 5.41) is 9.73. The van der Waals surface area contributed by atoms with Crippen LogP contribution in [-0.4, -0.2) is 64.0 Å². The number of piperidine rings is 1. The number of carbonyl (C=O) groups is 2. The number of pyridine rings is 1. The maximum atomic E-state index is 16.2. The standard InChI is InChI=1S/C35H39F2N3O4/c1-3-5-29-28(35(42)43)19-27-30(38-29)14-17-40(34(27)41)25-12-15-39(16-13-25)20-23-18-26(21-6-7-21)31(32(37)33(23)44-4-2)22-8-10-24(36)11-9-22/h8-11,18-19,21,25H,3-7,12-17,20H2,1-2H3,(H,42,43).